The SMILES string of the molecule is CC(=O)N[C@@H](Cc1ccc(Nc2cc(-c3ccc(F)cc3)n(C)n2)cc1)[C@@H](O)CNC1(c2cccc(C(C)(C)C)c2)CC1.Cl. The van der Waals surface area contributed by atoms with E-state index in [-0.39, 0.29) is 35.1 Å². The number of aliphatic hydroxyl groups excluding tert-OH is 1. The third-order valence-corrected chi connectivity index (χ3v) is 8.24. The summed E-state index contributed by atoms with van der Waals surface area (Å²) in [5, 5.41) is 25.6. The molecule has 0 unspecified atom stereocenters. The molecule has 44 heavy (non-hydrogen) atoms. The monoisotopic (exact) mass is 619 g/mol. The number of hydrogen-bond acceptors (Lipinski definition) is 5. The number of carbonyl (C=O) groups excluding carboxylic acids is 1. The van der Waals surface area contributed by atoms with Crippen LogP contribution in [0.2, 0.25) is 0 Å². The summed E-state index contributed by atoms with van der Waals surface area (Å²) in [4.78, 5) is 12.0. The van der Waals surface area contributed by atoms with Crippen LogP contribution >= 0.6 is 12.4 Å². The van der Waals surface area contributed by atoms with Crippen LogP contribution in [-0.4, -0.2) is 39.5 Å². The van der Waals surface area contributed by atoms with Crippen molar-refractivity contribution < 1.29 is 14.3 Å². The third kappa shape index (κ3) is 8.05. The Bertz CT molecular complexity index is 1560. The van der Waals surface area contributed by atoms with Crippen LogP contribution in [0.4, 0.5) is 15.9 Å². The molecule has 0 bridgehead atoms. The molecule has 234 valence electrons. The Balaban J connectivity index is 0.00000442. The second-order valence-corrected chi connectivity index (χ2v) is 12.7. The Labute approximate surface area is 265 Å². The summed E-state index contributed by atoms with van der Waals surface area (Å²) in [5.74, 6) is 0.227. The number of anilines is 2. The van der Waals surface area contributed by atoms with E-state index >= 15 is 0 Å². The van der Waals surface area contributed by atoms with Crippen molar-refractivity contribution in [2.75, 3.05) is 11.9 Å². The van der Waals surface area contributed by atoms with Gasteiger partial charge in [-0.15, -0.1) is 12.4 Å². The molecule has 4 N–H and O–H groups in total. The van der Waals surface area contributed by atoms with Crippen LogP contribution in [0.1, 0.15) is 57.2 Å². The second kappa shape index (κ2) is 13.5. The molecule has 1 aliphatic carbocycles. The van der Waals surface area contributed by atoms with Crippen LogP contribution in [0, 0.1) is 5.82 Å². The molecular weight excluding hydrogens is 577 g/mol. The predicted octanol–water partition coefficient (Wildman–Crippen LogP) is 6.38. The molecule has 1 aromatic heterocycles. The number of nitrogens with one attached hydrogen (secondary N) is 3. The highest BCUT2D eigenvalue weighted by Gasteiger charge is 2.44. The third-order valence-electron chi connectivity index (χ3n) is 8.24. The first-order valence-corrected chi connectivity index (χ1v) is 14.9. The Hall–Kier alpha value is -3.72. The minimum Gasteiger partial charge on any atom is -0.390 e. The van der Waals surface area contributed by atoms with Crippen molar-refractivity contribution in [3.63, 3.8) is 0 Å². The average Bonchev–Trinajstić information content (AvgIpc) is 3.68. The highest BCUT2D eigenvalue weighted by atomic mass is 35.5. The summed E-state index contributed by atoms with van der Waals surface area (Å²) in [6.45, 7) is 8.50. The molecule has 0 aliphatic heterocycles. The smallest absolute Gasteiger partial charge is 0.217 e. The van der Waals surface area contributed by atoms with Gasteiger partial charge in [0.2, 0.25) is 5.91 Å². The van der Waals surface area contributed by atoms with Gasteiger partial charge < -0.3 is 21.1 Å². The second-order valence-electron chi connectivity index (χ2n) is 12.7. The van der Waals surface area contributed by atoms with E-state index in [1.165, 1.54) is 30.2 Å². The van der Waals surface area contributed by atoms with Gasteiger partial charge in [-0.25, -0.2) is 4.39 Å². The van der Waals surface area contributed by atoms with Crippen molar-refractivity contribution in [1.29, 1.82) is 0 Å². The topological polar surface area (TPSA) is 91.2 Å². The lowest BCUT2D eigenvalue weighted by atomic mass is 9.85. The van der Waals surface area contributed by atoms with E-state index in [0.29, 0.717) is 18.8 Å². The van der Waals surface area contributed by atoms with E-state index in [1.54, 1.807) is 16.8 Å². The molecule has 0 spiro atoms. The molecule has 1 amide bonds. The van der Waals surface area contributed by atoms with E-state index in [2.05, 4.69) is 66.1 Å². The fourth-order valence-electron chi connectivity index (χ4n) is 5.51. The van der Waals surface area contributed by atoms with Gasteiger partial charge in [0.25, 0.3) is 0 Å². The van der Waals surface area contributed by atoms with E-state index < -0.39 is 12.1 Å². The van der Waals surface area contributed by atoms with E-state index in [4.69, 9.17) is 0 Å². The minimum atomic E-state index is -0.761. The summed E-state index contributed by atoms with van der Waals surface area (Å²) in [6, 6.07) is 24.4. The zero-order valence-electron chi connectivity index (χ0n) is 26.0. The van der Waals surface area contributed by atoms with Crippen LogP contribution in [-0.2, 0) is 29.2 Å². The van der Waals surface area contributed by atoms with Crippen LogP contribution in [0.15, 0.2) is 78.9 Å². The minimum absolute atomic E-state index is 0. The summed E-state index contributed by atoms with van der Waals surface area (Å²) >= 11 is 0. The number of aryl methyl sites for hydroxylation is 1. The Kier molecular flexibility index (Phi) is 10.2. The van der Waals surface area contributed by atoms with Gasteiger partial charge >= 0.3 is 0 Å². The number of amides is 1. The number of halogens is 2. The Morgan fingerprint density at radius 2 is 1.73 bits per heavy atom. The van der Waals surface area contributed by atoms with Gasteiger partial charge in [0.15, 0.2) is 5.82 Å². The summed E-state index contributed by atoms with van der Waals surface area (Å²) < 4.78 is 15.1. The van der Waals surface area contributed by atoms with Crippen molar-refractivity contribution in [3.05, 3.63) is 101 Å². The fraction of sp³-hybridized carbons (Fsp3) is 0.371. The molecule has 1 heterocycles. The zero-order valence-corrected chi connectivity index (χ0v) is 26.8. The lowest BCUT2D eigenvalue weighted by Crippen LogP contribution is -2.49. The first-order chi connectivity index (χ1) is 20.4. The first-order valence-electron chi connectivity index (χ1n) is 14.9. The summed E-state index contributed by atoms with van der Waals surface area (Å²) in [7, 11) is 1.85. The molecule has 4 aromatic rings. The van der Waals surface area contributed by atoms with Crippen molar-refractivity contribution in [1.82, 2.24) is 20.4 Å². The molecule has 1 saturated carbocycles. The van der Waals surface area contributed by atoms with Gasteiger partial charge in [0.05, 0.1) is 17.8 Å². The summed E-state index contributed by atoms with van der Waals surface area (Å²) in [6.07, 6.45) is 1.78. The number of rotatable bonds is 11. The van der Waals surface area contributed by atoms with Crippen molar-refractivity contribution in [3.8, 4) is 11.3 Å². The molecule has 1 aliphatic rings. The van der Waals surface area contributed by atoms with Crippen LogP contribution < -0.4 is 16.0 Å². The number of nitrogens with zero attached hydrogens (tertiary/aromatic N) is 2. The number of carbonyl (C=O) groups is 1. The van der Waals surface area contributed by atoms with Crippen molar-refractivity contribution in [2.24, 2.45) is 7.05 Å². The van der Waals surface area contributed by atoms with E-state index in [0.717, 1.165) is 35.3 Å². The molecular formula is C35H43ClFN5O2. The number of aliphatic hydroxyl groups is 1. The number of hydrogen-bond donors (Lipinski definition) is 4. The molecule has 2 atom stereocenters. The highest BCUT2D eigenvalue weighted by molar-refractivity contribution is 5.85. The van der Waals surface area contributed by atoms with Crippen molar-refractivity contribution in [2.45, 2.75) is 70.1 Å². The van der Waals surface area contributed by atoms with Gasteiger partial charge in [0.1, 0.15) is 5.82 Å². The van der Waals surface area contributed by atoms with Gasteiger partial charge in [-0.2, -0.15) is 5.10 Å². The Morgan fingerprint density at radius 1 is 1.05 bits per heavy atom. The quantitative estimate of drug-likeness (QED) is 0.156. The normalized spacial score (nSPS) is 15.2. The van der Waals surface area contributed by atoms with Gasteiger partial charge in [0, 0.05) is 43.4 Å². The standard InChI is InChI=1S/C35H42FN5O2.ClH/c1-23(42)38-30(32(43)22-37-35(17-18-35)27-8-6-7-26(20-27)34(2,3)4)19-24-9-15-29(16-10-24)39-33-21-31(41(5)40-33)25-11-13-28(36)14-12-25;/h6-16,20-21,30,32,37,43H,17-19,22H2,1-5H3,(H,38,42)(H,39,40);1H/t30-,32-;/m0./s1. The maximum Gasteiger partial charge on any atom is 0.217 e. The first kappa shape index (κ1) is 33.2. The average molecular weight is 620 g/mol. The maximum atomic E-state index is 13.3. The molecule has 0 saturated heterocycles. The lowest BCUT2D eigenvalue weighted by Gasteiger charge is -2.28. The van der Waals surface area contributed by atoms with Crippen LogP contribution in [0.3, 0.4) is 0 Å². The molecule has 7 nitrogen and oxygen atoms in total. The van der Waals surface area contributed by atoms with Gasteiger partial charge in [-0.05, 0) is 77.8 Å². The molecule has 3 aromatic carbocycles. The zero-order chi connectivity index (χ0) is 30.8. The van der Waals surface area contributed by atoms with E-state index in [1.807, 2.05) is 37.4 Å². The van der Waals surface area contributed by atoms with Gasteiger partial charge in [-0.1, -0.05) is 57.2 Å². The lowest BCUT2D eigenvalue weighted by molar-refractivity contribution is -0.120. The predicted molar refractivity (Wildman–Crippen MR) is 177 cm³/mol. The van der Waals surface area contributed by atoms with Gasteiger partial charge in [-0.3, -0.25) is 9.48 Å². The maximum absolute atomic E-state index is 13.3. The summed E-state index contributed by atoms with van der Waals surface area (Å²) in [5.41, 5.74) is 6.09. The number of benzene rings is 3. The molecule has 1 fully saturated rings. The molecule has 5 rings (SSSR count). The van der Waals surface area contributed by atoms with Crippen molar-refractivity contribution >= 4 is 29.8 Å². The largest absolute Gasteiger partial charge is 0.390 e. The van der Waals surface area contributed by atoms with Crippen LogP contribution in [0.5, 0.6) is 0 Å². The fourth-order valence-corrected chi connectivity index (χ4v) is 5.51. The van der Waals surface area contributed by atoms with E-state index in [9.17, 15) is 14.3 Å². The number of aromatic nitrogens is 2. The highest BCUT2D eigenvalue weighted by Crippen LogP contribution is 2.46. The molecule has 0 radical (unpaired) electrons. The Morgan fingerprint density at radius 3 is 2.34 bits per heavy atom. The van der Waals surface area contributed by atoms with Crippen LogP contribution in [0.25, 0.3) is 11.3 Å². The molecule has 9 heteroatoms.